The summed E-state index contributed by atoms with van der Waals surface area (Å²) < 4.78 is 12.7. The van der Waals surface area contributed by atoms with E-state index in [0.29, 0.717) is 24.0 Å². The maximum atomic E-state index is 5.62. The number of nitrogens with zero attached hydrogens (tertiary/aromatic N) is 6. The van der Waals surface area contributed by atoms with E-state index >= 15 is 0 Å². The highest BCUT2D eigenvalue weighted by Gasteiger charge is 2.19. The van der Waals surface area contributed by atoms with E-state index in [4.69, 9.17) is 9.26 Å². The first-order valence-electron chi connectivity index (χ1n) is 7.24. The normalized spacial score (nSPS) is 17.8. The Kier molecular flexibility index (Phi) is 4.35. The highest BCUT2D eigenvalue weighted by Crippen LogP contribution is 2.23. The van der Waals surface area contributed by atoms with Gasteiger partial charge in [-0.05, 0) is 34.7 Å². The fourth-order valence-corrected chi connectivity index (χ4v) is 3.70. The van der Waals surface area contributed by atoms with Gasteiger partial charge in [0.1, 0.15) is 0 Å². The van der Waals surface area contributed by atoms with Gasteiger partial charge in [0.25, 0.3) is 0 Å². The molecule has 3 aromatic heterocycles. The fraction of sp³-hybridized carbons (Fsp3) is 0.462. The number of tetrazole rings is 1. The maximum absolute atomic E-state index is 5.62. The van der Waals surface area contributed by atoms with Crippen molar-refractivity contribution in [1.29, 1.82) is 0 Å². The minimum atomic E-state index is 0.200. The van der Waals surface area contributed by atoms with Crippen molar-refractivity contribution in [1.82, 2.24) is 30.3 Å². The molecule has 1 unspecified atom stereocenters. The molecular weight excluding hydrogens is 336 g/mol. The molecule has 0 saturated carbocycles. The zero-order valence-electron chi connectivity index (χ0n) is 12.2. The molecule has 0 spiro atoms. The van der Waals surface area contributed by atoms with E-state index in [1.165, 1.54) is 11.8 Å². The lowest BCUT2D eigenvalue weighted by molar-refractivity contribution is 0.0912. The van der Waals surface area contributed by atoms with Crippen LogP contribution in [0.5, 0.6) is 0 Å². The van der Waals surface area contributed by atoms with Gasteiger partial charge in [0.2, 0.25) is 16.9 Å². The van der Waals surface area contributed by atoms with Gasteiger partial charge in [-0.15, -0.1) is 5.10 Å². The summed E-state index contributed by atoms with van der Waals surface area (Å²) in [5.41, 5.74) is 0.971. The van der Waals surface area contributed by atoms with Gasteiger partial charge in [-0.1, -0.05) is 16.9 Å². The van der Waals surface area contributed by atoms with Crippen molar-refractivity contribution < 1.29 is 9.26 Å². The molecule has 0 amide bonds. The van der Waals surface area contributed by atoms with E-state index < -0.39 is 0 Å². The Morgan fingerprint density at radius 3 is 3.26 bits per heavy atom. The molecule has 8 nitrogen and oxygen atoms in total. The molecule has 23 heavy (non-hydrogen) atoms. The van der Waals surface area contributed by atoms with Crippen LogP contribution in [0, 0.1) is 0 Å². The zero-order valence-corrected chi connectivity index (χ0v) is 13.8. The topological polar surface area (TPSA) is 91.8 Å². The van der Waals surface area contributed by atoms with Gasteiger partial charge in [0, 0.05) is 17.6 Å². The largest absolute Gasteiger partial charge is 0.376 e. The van der Waals surface area contributed by atoms with Gasteiger partial charge in [0.05, 0.1) is 18.4 Å². The Bertz CT molecular complexity index is 750. The Labute approximate surface area is 140 Å². The Morgan fingerprint density at radius 2 is 2.43 bits per heavy atom. The first-order chi connectivity index (χ1) is 11.4. The molecule has 1 saturated heterocycles. The van der Waals surface area contributed by atoms with Crippen molar-refractivity contribution in [3.05, 3.63) is 22.7 Å². The molecule has 4 heterocycles. The summed E-state index contributed by atoms with van der Waals surface area (Å²) in [6.45, 7) is 1.50. The predicted octanol–water partition coefficient (Wildman–Crippen LogP) is 2.26. The average Bonchev–Trinajstić information content (AvgIpc) is 3.34. The van der Waals surface area contributed by atoms with Crippen molar-refractivity contribution in [2.45, 2.75) is 36.4 Å². The van der Waals surface area contributed by atoms with Gasteiger partial charge in [0.15, 0.2) is 0 Å². The summed E-state index contributed by atoms with van der Waals surface area (Å²) >= 11 is 3.08. The molecule has 120 valence electrons. The minimum absolute atomic E-state index is 0.200. The van der Waals surface area contributed by atoms with Crippen LogP contribution in [0.2, 0.25) is 0 Å². The molecule has 10 heteroatoms. The number of thiophene rings is 1. The van der Waals surface area contributed by atoms with E-state index in [0.717, 1.165) is 30.2 Å². The summed E-state index contributed by atoms with van der Waals surface area (Å²) in [6, 6.07) is 1.97. The number of hydrogen-bond donors (Lipinski definition) is 0. The van der Waals surface area contributed by atoms with Crippen molar-refractivity contribution in [2.24, 2.45) is 0 Å². The van der Waals surface area contributed by atoms with Crippen LogP contribution in [0.3, 0.4) is 0 Å². The molecule has 1 aliphatic heterocycles. The van der Waals surface area contributed by atoms with E-state index in [1.54, 1.807) is 16.0 Å². The third-order valence-electron chi connectivity index (χ3n) is 3.47. The van der Waals surface area contributed by atoms with Gasteiger partial charge in [-0.3, -0.25) is 0 Å². The second kappa shape index (κ2) is 6.77. The molecule has 3 aromatic rings. The van der Waals surface area contributed by atoms with Gasteiger partial charge in [-0.25, -0.2) is 4.68 Å². The van der Waals surface area contributed by atoms with E-state index in [2.05, 4.69) is 25.7 Å². The summed E-state index contributed by atoms with van der Waals surface area (Å²) in [6.07, 6.45) is 2.35. The van der Waals surface area contributed by atoms with Gasteiger partial charge in [-0.2, -0.15) is 16.3 Å². The SMILES string of the molecule is c1cc(-c2noc(CSc3nnnn3CC3CCCO3)n2)cs1. The Morgan fingerprint density at radius 1 is 1.43 bits per heavy atom. The molecule has 0 bridgehead atoms. The summed E-state index contributed by atoms with van der Waals surface area (Å²) in [5.74, 6) is 1.70. The Hall–Kier alpha value is -1.78. The second-order valence-electron chi connectivity index (χ2n) is 5.09. The maximum Gasteiger partial charge on any atom is 0.237 e. The summed E-state index contributed by atoms with van der Waals surface area (Å²) in [7, 11) is 0. The van der Waals surface area contributed by atoms with Crippen LogP contribution in [0.15, 0.2) is 26.5 Å². The highest BCUT2D eigenvalue weighted by molar-refractivity contribution is 7.98. The molecule has 4 rings (SSSR count). The molecule has 0 N–H and O–H groups in total. The fourth-order valence-electron chi connectivity index (χ4n) is 2.34. The van der Waals surface area contributed by atoms with E-state index in [-0.39, 0.29) is 6.10 Å². The number of thioether (sulfide) groups is 1. The summed E-state index contributed by atoms with van der Waals surface area (Å²) in [4.78, 5) is 4.39. The number of ether oxygens (including phenoxy) is 1. The van der Waals surface area contributed by atoms with E-state index in [9.17, 15) is 0 Å². The minimum Gasteiger partial charge on any atom is -0.376 e. The lowest BCUT2D eigenvalue weighted by Gasteiger charge is -2.09. The van der Waals surface area contributed by atoms with Crippen LogP contribution in [0.1, 0.15) is 18.7 Å². The van der Waals surface area contributed by atoms with Crippen molar-refractivity contribution >= 4 is 23.1 Å². The van der Waals surface area contributed by atoms with E-state index in [1.807, 2.05) is 16.8 Å². The van der Waals surface area contributed by atoms with Crippen molar-refractivity contribution in [2.75, 3.05) is 6.61 Å². The summed E-state index contributed by atoms with van der Waals surface area (Å²) in [5, 5.41) is 20.5. The van der Waals surface area contributed by atoms with Crippen LogP contribution in [0.25, 0.3) is 11.4 Å². The third-order valence-corrected chi connectivity index (χ3v) is 5.10. The quantitative estimate of drug-likeness (QED) is 0.625. The van der Waals surface area contributed by atoms with Crippen molar-refractivity contribution in [3.63, 3.8) is 0 Å². The third kappa shape index (κ3) is 3.43. The lowest BCUT2D eigenvalue weighted by Crippen LogP contribution is -2.16. The molecule has 0 aliphatic carbocycles. The number of aromatic nitrogens is 6. The number of hydrogen-bond acceptors (Lipinski definition) is 9. The molecule has 1 atom stereocenters. The molecule has 1 aliphatic rings. The van der Waals surface area contributed by atoms with Gasteiger partial charge >= 0.3 is 0 Å². The molecule has 1 fully saturated rings. The van der Waals surface area contributed by atoms with Gasteiger partial charge < -0.3 is 9.26 Å². The highest BCUT2D eigenvalue weighted by atomic mass is 32.2. The standard InChI is InChI=1S/C13H14N6O2S2/c1-2-10(20-4-1)6-19-13(15-17-18-19)23-8-11-14-12(16-21-11)9-3-5-22-7-9/h3,5,7,10H,1-2,4,6,8H2. The second-order valence-corrected chi connectivity index (χ2v) is 6.81. The first-order valence-corrected chi connectivity index (χ1v) is 9.17. The number of rotatable bonds is 6. The molecule has 0 radical (unpaired) electrons. The Balaban J connectivity index is 1.38. The molecule has 0 aromatic carbocycles. The van der Waals surface area contributed by atoms with Crippen LogP contribution >= 0.6 is 23.1 Å². The first kappa shape index (κ1) is 14.8. The van der Waals surface area contributed by atoms with Crippen LogP contribution in [-0.4, -0.2) is 43.1 Å². The lowest BCUT2D eigenvalue weighted by atomic mass is 10.2. The van der Waals surface area contributed by atoms with Crippen LogP contribution < -0.4 is 0 Å². The molecular formula is C13H14N6O2S2. The zero-order chi connectivity index (χ0) is 15.5. The van der Waals surface area contributed by atoms with Crippen LogP contribution in [0.4, 0.5) is 0 Å². The smallest absolute Gasteiger partial charge is 0.237 e. The predicted molar refractivity (Wildman–Crippen MR) is 84.0 cm³/mol. The van der Waals surface area contributed by atoms with Crippen LogP contribution in [-0.2, 0) is 17.0 Å². The average molecular weight is 350 g/mol. The monoisotopic (exact) mass is 350 g/mol. The van der Waals surface area contributed by atoms with Crippen molar-refractivity contribution in [3.8, 4) is 11.4 Å².